The minimum absolute atomic E-state index is 0.452. The Labute approximate surface area is 112 Å². The minimum atomic E-state index is -0.586. The molecule has 0 atom stereocenters. The summed E-state index contributed by atoms with van der Waals surface area (Å²) in [6.07, 6.45) is 3.47. The maximum Gasteiger partial charge on any atom is 0.217 e. The molecule has 0 radical (unpaired) electrons. The molecule has 0 aromatic carbocycles. The van der Waals surface area contributed by atoms with Gasteiger partial charge in [0.2, 0.25) is 5.90 Å². The van der Waals surface area contributed by atoms with Crippen molar-refractivity contribution >= 4 is 35.0 Å². The maximum atomic E-state index is 5.39. The van der Waals surface area contributed by atoms with E-state index in [4.69, 9.17) is 32.7 Å². The van der Waals surface area contributed by atoms with Crippen LogP contribution in [-0.4, -0.2) is 42.9 Å². The lowest BCUT2D eigenvalue weighted by atomic mass is 10.2. The summed E-state index contributed by atoms with van der Waals surface area (Å²) < 4.78 is 10.1. The van der Waals surface area contributed by atoms with E-state index in [0.717, 1.165) is 25.5 Å². The van der Waals surface area contributed by atoms with Crippen LogP contribution in [0, 0.1) is 0 Å². The zero-order valence-electron chi connectivity index (χ0n) is 9.99. The molecule has 4 nitrogen and oxygen atoms in total. The van der Waals surface area contributed by atoms with Gasteiger partial charge in [0.05, 0.1) is 13.1 Å². The lowest BCUT2D eigenvalue weighted by Crippen LogP contribution is -2.07. The number of aliphatic imine (C=N–C) groups is 2. The molecule has 0 N–H and O–H groups in total. The van der Waals surface area contributed by atoms with Crippen LogP contribution in [0.3, 0.4) is 0 Å². The Balaban J connectivity index is 0.000000171. The largest absolute Gasteiger partial charge is 0.479 e. The lowest BCUT2D eigenvalue weighted by Gasteiger charge is -1.97. The molecule has 6 heteroatoms. The summed E-state index contributed by atoms with van der Waals surface area (Å²) >= 11 is 10.8. The van der Waals surface area contributed by atoms with Crippen LogP contribution in [0.25, 0.3) is 0 Å². The van der Waals surface area contributed by atoms with Crippen molar-refractivity contribution in [2.24, 2.45) is 9.98 Å². The van der Waals surface area contributed by atoms with Crippen molar-refractivity contribution in [3.8, 4) is 0 Å². The van der Waals surface area contributed by atoms with E-state index >= 15 is 0 Å². The fourth-order valence-electron chi connectivity index (χ4n) is 1.34. The molecule has 0 aromatic rings. The third kappa shape index (κ3) is 6.13. The second-order valence-electron chi connectivity index (χ2n) is 3.60. The minimum Gasteiger partial charge on any atom is -0.479 e. The molecule has 0 saturated carbocycles. The first-order chi connectivity index (χ1) is 8.24. The van der Waals surface area contributed by atoms with Gasteiger partial charge in [-0.05, 0) is 6.42 Å². The fraction of sp³-hybridized carbons (Fsp3) is 0.818. The number of unbranched alkanes of at least 4 members (excludes halogenated alkanes) is 1. The van der Waals surface area contributed by atoms with Gasteiger partial charge in [-0.25, -0.2) is 4.99 Å². The number of ether oxygens (including phenoxy) is 2. The van der Waals surface area contributed by atoms with Gasteiger partial charge in [0.15, 0.2) is 10.7 Å². The van der Waals surface area contributed by atoms with Crippen molar-refractivity contribution in [2.45, 2.75) is 31.0 Å². The molecule has 0 saturated heterocycles. The zero-order valence-corrected chi connectivity index (χ0v) is 11.5. The molecule has 0 amide bonds. The predicted molar refractivity (Wildman–Crippen MR) is 71.5 cm³/mol. The summed E-state index contributed by atoms with van der Waals surface area (Å²) in [6.45, 7) is 5.16. The molecule has 0 unspecified atom stereocenters. The number of nitrogens with zero attached hydrogens (tertiary/aromatic N) is 2. The third-order valence-corrected chi connectivity index (χ3v) is 2.56. The van der Waals surface area contributed by atoms with Crippen molar-refractivity contribution in [3.05, 3.63) is 0 Å². The van der Waals surface area contributed by atoms with Crippen molar-refractivity contribution in [1.82, 2.24) is 0 Å². The number of rotatable bonds is 4. The van der Waals surface area contributed by atoms with Crippen LogP contribution in [0.1, 0.15) is 26.2 Å². The molecule has 2 heterocycles. The standard InChI is InChI=1S/C7H13NO.C4H5Cl2NO/c1-2-3-4-7-8-5-6-9-7;5-3(6)4-7-1-2-8-4/h2-6H2,1H3;3H,1-2H2. The number of hydrogen-bond acceptors (Lipinski definition) is 4. The van der Waals surface area contributed by atoms with Gasteiger partial charge < -0.3 is 9.47 Å². The average molecular weight is 281 g/mol. The van der Waals surface area contributed by atoms with E-state index in [1.54, 1.807) is 0 Å². The van der Waals surface area contributed by atoms with E-state index in [2.05, 4.69) is 16.9 Å². The SMILES string of the molecule is CCCCC1=NCCO1.ClC(Cl)C1=NCCO1. The molecular weight excluding hydrogens is 263 g/mol. The molecule has 0 bridgehead atoms. The van der Waals surface area contributed by atoms with Gasteiger partial charge in [-0.2, -0.15) is 0 Å². The number of alkyl halides is 2. The normalized spacial score (nSPS) is 17.9. The molecule has 2 aliphatic heterocycles. The van der Waals surface area contributed by atoms with Gasteiger partial charge >= 0.3 is 0 Å². The first-order valence-electron chi connectivity index (χ1n) is 5.85. The van der Waals surface area contributed by atoms with E-state index in [0.29, 0.717) is 19.0 Å². The summed E-state index contributed by atoms with van der Waals surface area (Å²) in [5.74, 6) is 1.42. The third-order valence-electron chi connectivity index (χ3n) is 2.19. The Kier molecular flexibility index (Phi) is 7.37. The topological polar surface area (TPSA) is 43.2 Å². The molecule has 2 rings (SSSR count). The van der Waals surface area contributed by atoms with Gasteiger partial charge in [0.1, 0.15) is 13.2 Å². The van der Waals surface area contributed by atoms with E-state index in [1.807, 2.05) is 0 Å². The highest BCUT2D eigenvalue weighted by Crippen LogP contribution is 2.09. The Bertz CT molecular complexity index is 281. The molecule has 0 spiro atoms. The van der Waals surface area contributed by atoms with E-state index in [1.165, 1.54) is 12.8 Å². The second kappa shape index (κ2) is 8.59. The van der Waals surface area contributed by atoms with Gasteiger partial charge in [-0.3, -0.25) is 4.99 Å². The Morgan fingerprint density at radius 2 is 1.88 bits per heavy atom. The monoisotopic (exact) mass is 280 g/mol. The molecular formula is C11H18Cl2N2O2. The van der Waals surface area contributed by atoms with Gasteiger partial charge in [0.25, 0.3) is 0 Å². The second-order valence-corrected chi connectivity index (χ2v) is 4.69. The summed E-state index contributed by atoms with van der Waals surface area (Å²) in [6, 6.07) is 0. The van der Waals surface area contributed by atoms with Crippen LogP contribution in [0.4, 0.5) is 0 Å². The Hall–Kier alpha value is -0.480. The van der Waals surface area contributed by atoms with E-state index in [9.17, 15) is 0 Å². The Morgan fingerprint density at radius 1 is 1.18 bits per heavy atom. The summed E-state index contributed by atoms with van der Waals surface area (Å²) in [5.41, 5.74) is 0. The first-order valence-corrected chi connectivity index (χ1v) is 6.72. The van der Waals surface area contributed by atoms with Gasteiger partial charge in [0, 0.05) is 6.42 Å². The average Bonchev–Trinajstić information content (AvgIpc) is 3.00. The smallest absolute Gasteiger partial charge is 0.217 e. The molecule has 0 fully saturated rings. The molecule has 98 valence electrons. The highest BCUT2D eigenvalue weighted by atomic mass is 35.5. The van der Waals surface area contributed by atoms with E-state index in [-0.39, 0.29) is 0 Å². The number of hydrogen-bond donors (Lipinski definition) is 0. The number of halogens is 2. The summed E-state index contributed by atoms with van der Waals surface area (Å²) in [5, 5.41) is 0. The Morgan fingerprint density at radius 3 is 2.29 bits per heavy atom. The highest BCUT2D eigenvalue weighted by molar-refractivity contribution is 6.53. The molecule has 2 aliphatic rings. The van der Waals surface area contributed by atoms with Gasteiger partial charge in [-0.1, -0.05) is 36.5 Å². The molecule has 17 heavy (non-hydrogen) atoms. The quantitative estimate of drug-likeness (QED) is 0.744. The van der Waals surface area contributed by atoms with Crippen LogP contribution in [0.5, 0.6) is 0 Å². The summed E-state index contributed by atoms with van der Waals surface area (Å²) in [7, 11) is 0. The van der Waals surface area contributed by atoms with Gasteiger partial charge in [-0.15, -0.1) is 0 Å². The van der Waals surface area contributed by atoms with Crippen LogP contribution in [0.2, 0.25) is 0 Å². The fourth-order valence-corrected chi connectivity index (χ4v) is 1.61. The predicted octanol–water partition coefficient (Wildman–Crippen LogP) is 2.82. The van der Waals surface area contributed by atoms with E-state index < -0.39 is 4.84 Å². The van der Waals surface area contributed by atoms with Crippen LogP contribution >= 0.6 is 23.2 Å². The van der Waals surface area contributed by atoms with Crippen molar-refractivity contribution < 1.29 is 9.47 Å². The van der Waals surface area contributed by atoms with Crippen molar-refractivity contribution in [2.75, 3.05) is 26.3 Å². The molecule has 0 aliphatic carbocycles. The van der Waals surface area contributed by atoms with Crippen molar-refractivity contribution in [1.29, 1.82) is 0 Å². The highest BCUT2D eigenvalue weighted by Gasteiger charge is 2.13. The van der Waals surface area contributed by atoms with Crippen molar-refractivity contribution in [3.63, 3.8) is 0 Å². The molecule has 0 aromatic heterocycles. The maximum absolute atomic E-state index is 5.39. The first kappa shape index (κ1) is 14.6. The summed E-state index contributed by atoms with van der Waals surface area (Å²) in [4.78, 5) is 7.45. The van der Waals surface area contributed by atoms with Crippen LogP contribution in [-0.2, 0) is 9.47 Å². The lowest BCUT2D eigenvalue weighted by molar-refractivity contribution is 0.337. The van der Waals surface area contributed by atoms with Crippen LogP contribution < -0.4 is 0 Å². The zero-order chi connectivity index (χ0) is 12.5. The van der Waals surface area contributed by atoms with Crippen LogP contribution in [0.15, 0.2) is 9.98 Å².